The third-order valence-electron chi connectivity index (χ3n) is 2.81. The van der Waals surface area contributed by atoms with E-state index < -0.39 is 0 Å². The van der Waals surface area contributed by atoms with E-state index >= 15 is 0 Å². The lowest BCUT2D eigenvalue weighted by Crippen LogP contribution is -2.05. The van der Waals surface area contributed by atoms with Crippen molar-refractivity contribution < 1.29 is 14.3 Å². The van der Waals surface area contributed by atoms with E-state index in [1.54, 1.807) is 26.4 Å². The molecule has 100 valence electrons. The van der Waals surface area contributed by atoms with Crippen LogP contribution >= 0.6 is 0 Å². The number of methoxy groups -OCH3 is 2. The molecule has 0 spiro atoms. The second-order valence-electron chi connectivity index (χ2n) is 4.06. The Bertz CT molecular complexity index is 368. The van der Waals surface area contributed by atoms with Crippen LogP contribution < -0.4 is 15.2 Å². The fourth-order valence-corrected chi connectivity index (χ4v) is 1.86. The summed E-state index contributed by atoms with van der Waals surface area (Å²) in [5.74, 6) is 1.19. The summed E-state index contributed by atoms with van der Waals surface area (Å²) in [6, 6.07) is 5.36. The smallest absolute Gasteiger partial charge is 0.170 e. The average molecular weight is 251 g/mol. The minimum Gasteiger partial charge on any atom is -0.496 e. The number of hydrogen-bond acceptors (Lipinski definition) is 4. The van der Waals surface area contributed by atoms with Crippen molar-refractivity contribution in [2.75, 3.05) is 20.8 Å². The summed E-state index contributed by atoms with van der Waals surface area (Å²) < 4.78 is 10.4. The van der Waals surface area contributed by atoms with Gasteiger partial charge in [0.1, 0.15) is 17.1 Å². The van der Waals surface area contributed by atoms with E-state index in [0.717, 1.165) is 19.3 Å². The highest BCUT2D eigenvalue weighted by Gasteiger charge is 2.17. The Morgan fingerprint density at radius 2 is 1.72 bits per heavy atom. The van der Waals surface area contributed by atoms with E-state index in [4.69, 9.17) is 15.2 Å². The summed E-state index contributed by atoms with van der Waals surface area (Å²) in [5, 5.41) is 0. The normalized spacial score (nSPS) is 10.2. The van der Waals surface area contributed by atoms with Gasteiger partial charge >= 0.3 is 0 Å². The van der Waals surface area contributed by atoms with E-state index in [-0.39, 0.29) is 5.78 Å². The van der Waals surface area contributed by atoms with Gasteiger partial charge in [-0.1, -0.05) is 12.5 Å². The van der Waals surface area contributed by atoms with Gasteiger partial charge in [-0.15, -0.1) is 0 Å². The van der Waals surface area contributed by atoms with Crippen molar-refractivity contribution in [2.24, 2.45) is 5.73 Å². The molecule has 0 aromatic heterocycles. The number of rotatable bonds is 8. The van der Waals surface area contributed by atoms with Crippen LogP contribution in [0.5, 0.6) is 11.5 Å². The van der Waals surface area contributed by atoms with E-state index in [1.807, 2.05) is 6.07 Å². The van der Waals surface area contributed by atoms with E-state index in [9.17, 15) is 4.79 Å². The van der Waals surface area contributed by atoms with Crippen molar-refractivity contribution in [3.05, 3.63) is 23.8 Å². The van der Waals surface area contributed by atoms with Gasteiger partial charge in [0.05, 0.1) is 14.2 Å². The molecule has 4 heteroatoms. The zero-order valence-corrected chi connectivity index (χ0v) is 11.1. The molecule has 18 heavy (non-hydrogen) atoms. The molecule has 0 aliphatic rings. The van der Waals surface area contributed by atoms with Crippen molar-refractivity contribution >= 4 is 5.78 Å². The molecule has 1 rings (SSSR count). The lowest BCUT2D eigenvalue weighted by Gasteiger charge is -2.11. The van der Waals surface area contributed by atoms with Crippen LogP contribution in [0.2, 0.25) is 0 Å². The summed E-state index contributed by atoms with van der Waals surface area (Å²) in [4.78, 5) is 12.2. The molecule has 0 unspecified atom stereocenters. The molecular weight excluding hydrogens is 230 g/mol. The van der Waals surface area contributed by atoms with Crippen molar-refractivity contribution in [2.45, 2.75) is 25.7 Å². The van der Waals surface area contributed by atoms with Gasteiger partial charge in [-0.25, -0.2) is 0 Å². The Balaban J connectivity index is 2.76. The largest absolute Gasteiger partial charge is 0.496 e. The topological polar surface area (TPSA) is 61.5 Å². The van der Waals surface area contributed by atoms with Crippen molar-refractivity contribution in [3.8, 4) is 11.5 Å². The van der Waals surface area contributed by atoms with Crippen LogP contribution in [0.25, 0.3) is 0 Å². The van der Waals surface area contributed by atoms with E-state index in [0.29, 0.717) is 30.0 Å². The lowest BCUT2D eigenvalue weighted by atomic mass is 10.0. The van der Waals surface area contributed by atoms with Gasteiger partial charge in [-0.2, -0.15) is 0 Å². The summed E-state index contributed by atoms with van der Waals surface area (Å²) in [6.07, 6.45) is 3.27. The number of unbranched alkanes of at least 4 members (excludes halogenated alkanes) is 2. The van der Waals surface area contributed by atoms with Crippen molar-refractivity contribution in [3.63, 3.8) is 0 Å². The van der Waals surface area contributed by atoms with Crippen LogP contribution in [-0.4, -0.2) is 26.5 Å². The Morgan fingerprint density at radius 3 is 2.22 bits per heavy atom. The van der Waals surface area contributed by atoms with E-state index in [1.165, 1.54) is 0 Å². The molecule has 0 heterocycles. The standard InChI is InChI=1S/C14H21NO3/c1-17-12-8-6-9-13(18-2)14(12)11(16)7-4-3-5-10-15/h6,8-9H,3-5,7,10,15H2,1-2H3. The molecule has 0 atom stereocenters. The molecule has 0 saturated heterocycles. The monoisotopic (exact) mass is 251 g/mol. The second-order valence-corrected chi connectivity index (χ2v) is 4.06. The lowest BCUT2D eigenvalue weighted by molar-refractivity contribution is 0.0973. The Kier molecular flexibility index (Phi) is 6.22. The molecule has 0 aliphatic heterocycles. The number of ketones is 1. The molecular formula is C14H21NO3. The number of ether oxygens (including phenoxy) is 2. The number of nitrogens with two attached hydrogens (primary N) is 1. The minimum absolute atomic E-state index is 0.0568. The third kappa shape index (κ3) is 3.74. The fourth-order valence-electron chi connectivity index (χ4n) is 1.86. The van der Waals surface area contributed by atoms with Crippen LogP contribution in [0.4, 0.5) is 0 Å². The molecule has 1 aromatic carbocycles. The number of Topliss-reactive ketones (excluding diaryl/α,β-unsaturated/α-hetero) is 1. The number of carbonyl (C=O) groups is 1. The van der Waals surface area contributed by atoms with Crippen LogP contribution in [0.15, 0.2) is 18.2 Å². The highest BCUT2D eigenvalue weighted by atomic mass is 16.5. The highest BCUT2D eigenvalue weighted by Crippen LogP contribution is 2.29. The average Bonchev–Trinajstić information content (AvgIpc) is 2.42. The molecule has 0 bridgehead atoms. The minimum atomic E-state index is 0.0568. The summed E-state index contributed by atoms with van der Waals surface area (Å²) in [5.41, 5.74) is 5.96. The molecule has 1 aromatic rings. The molecule has 0 fully saturated rings. The maximum absolute atomic E-state index is 12.2. The quantitative estimate of drug-likeness (QED) is 0.569. The predicted octanol–water partition coefficient (Wildman–Crippen LogP) is 2.41. The Morgan fingerprint density at radius 1 is 1.11 bits per heavy atom. The SMILES string of the molecule is COc1cccc(OC)c1C(=O)CCCCCN. The first kappa shape index (κ1) is 14.5. The first-order chi connectivity index (χ1) is 8.74. The first-order valence-corrected chi connectivity index (χ1v) is 6.18. The molecule has 4 nitrogen and oxygen atoms in total. The van der Waals surface area contributed by atoms with Crippen molar-refractivity contribution in [1.82, 2.24) is 0 Å². The van der Waals surface area contributed by atoms with Gasteiger partial charge in [-0.05, 0) is 31.5 Å². The van der Waals surface area contributed by atoms with Gasteiger partial charge in [0.25, 0.3) is 0 Å². The fraction of sp³-hybridized carbons (Fsp3) is 0.500. The Hall–Kier alpha value is -1.55. The highest BCUT2D eigenvalue weighted by molar-refractivity contribution is 6.01. The van der Waals surface area contributed by atoms with Gasteiger partial charge in [0, 0.05) is 6.42 Å². The van der Waals surface area contributed by atoms with Crippen LogP contribution in [0.3, 0.4) is 0 Å². The van der Waals surface area contributed by atoms with Crippen molar-refractivity contribution in [1.29, 1.82) is 0 Å². The van der Waals surface area contributed by atoms with Crippen LogP contribution in [-0.2, 0) is 0 Å². The number of hydrogen-bond donors (Lipinski definition) is 1. The van der Waals surface area contributed by atoms with Crippen LogP contribution in [0, 0.1) is 0 Å². The zero-order chi connectivity index (χ0) is 13.4. The Labute approximate surface area is 108 Å². The van der Waals surface area contributed by atoms with Gasteiger partial charge in [0.2, 0.25) is 0 Å². The third-order valence-corrected chi connectivity index (χ3v) is 2.81. The summed E-state index contributed by atoms with van der Waals surface area (Å²) in [7, 11) is 3.11. The summed E-state index contributed by atoms with van der Waals surface area (Å²) in [6.45, 7) is 0.673. The maximum atomic E-state index is 12.2. The number of benzene rings is 1. The molecule has 0 aliphatic carbocycles. The summed E-state index contributed by atoms with van der Waals surface area (Å²) >= 11 is 0. The first-order valence-electron chi connectivity index (χ1n) is 6.18. The predicted molar refractivity (Wildman–Crippen MR) is 71.4 cm³/mol. The van der Waals surface area contributed by atoms with Crippen LogP contribution in [0.1, 0.15) is 36.0 Å². The molecule has 0 amide bonds. The van der Waals surface area contributed by atoms with Gasteiger partial charge in [-0.3, -0.25) is 4.79 Å². The zero-order valence-electron chi connectivity index (χ0n) is 11.1. The van der Waals surface area contributed by atoms with Gasteiger partial charge in [0.15, 0.2) is 5.78 Å². The molecule has 0 radical (unpaired) electrons. The molecule has 2 N–H and O–H groups in total. The second kappa shape index (κ2) is 7.71. The molecule has 0 saturated carbocycles. The van der Waals surface area contributed by atoms with Gasteiger partial charge < -0.3 is 15.2 Å². The van der Waals surface area contributed by atoms with E-state index in [2.05, 4.69) is 0 Å². The maximum Gasteiger partial charge on any atom is 0.170 e. The number of carbonyl (C=O) groups excluding carboxylic acids is 1.